The normalized spacial score (nSPS) is 9.88. The van der Waals surface area contributed by atoms with E-state index in [1.54, 1.807) is 0 Å². The summed E-state index contributed by atoms with van der Waals surface area (Å²) >= 11 is 3.47. The molecule has 0 spiro atoms. The van der Waals surface area contributed by atoms with Crippen LogP contribution in [0.5, 0.6) is 0 Å². The molecule has 0 saturated carbocycles. The highest BCUT2D eigenvalue weighted by Gasteiger charge is 1.92. The van der Waals surface area contributed by atoms with Crippen LogP contribution in [0.1, 0.15) is 84.0 Å². The highest BCUT2D eigenvalue weighted by Crippen LogP contribution is 2.11. The molecular weight excluding hydrogens is 274 g/mol. The first kappa shape index (κ1) is 19.8. The zero-order valence-electron chi connectivity index (χ0n) is 12.1. The first-order valence-electron chi connectivity index (χ1n) is 7.55. The van der Waals surface area contributed by atoms with Crippen molar-refractivity contribution < 1.29 is 0 Å². The van der Waals surface area contributed by atoms with Gasteiger partial charge in [-0.05, 0) is 13.5 Å². The summed E-state index contributed by atoms with van der Waals surface area (Å²) < 4.78 is 0. The van der Waals surface area contributed by atoms with Gasteiger partial charge in [-0.1, -0.05) is 93.5 Å². The smallest absolute Gasteiger partial charge is 0.00313 e. The lowest BCUT2D eigenvalue weighted by Gasteiger charge is -2.01. The summed E-state index contributed by atoms with van der Waals surface area (Å²) in [6.45, 7) is 2.28. The van der Waals surface area contributed by atoms with Gasteiger partial charge in [-0.15, -0.1) is 0 Å². The molecule has 0 heterocycles. The van der Waals surface area contributed by atoms with Crippen molar-refractivity contribution in [3.63, 3.8) is 0 Å². The van der Waals surface area contributed by atoms with Gasteiger partial charge in [-0.2, -0.15) is 0 Å². The molecule has 0 aliphatic carbocycles. The minimum Gasteiger partial charge on any atom is -0.333 e. The van der Waals surface area contributed by atoms with Crippen LogP contribution in [0.2, 0.25) is 0 Å². The van der Waals surface area contributed by atoms with Gasteiger partial charge in [-0.25, -0.2) is 0 Å². The van der Waals surface area contributed by atoms with Gasteiger partial charge < -0.3 is 5.73 Å². The maximum atomic E-state index is 4.50. The molecule has 2 heteroatoms. The number of rotatable bonds is 12. The van der Waals surface area contributed by atoms with Crippen LogP contribution in [0.15, 0.2) is 0 Å². The fourth-order valence-electron chi connectivity index (χ4n) is 1.94. The quantitative estimate of drug-likeness (QED) is 0.365. The molecule has 0 aromatic carbocycles. The fourth-order valence-corrected chi connectivity index (χ4v) is 2.33. The molecule has 0 radical (unpaired) electrons. The van der Waals surface area contributed by atoms with E-state index in [1.165, 1.54) is 89.4 Å². The average Bonchev–Trinajstić information content (AvgIpc) is 2.38. The van der Waals surface area contributed by atoms with E-state index in [4.69, 9.17) is 0 Å². The SMILES string of the molecule is CCCCCCCCCCCCCCBr.CN. The molecule has 2 N–H and O–H groups in total. The Labute approximate surface area is 118 Å². The molecule has 0 bridgehead atoms. The molecular formula is C15H34BrN. The van der Waals surface area contributed by atoms with E-state index in [0.29, 0.717) is 0 Å². The third-order valence-electron chi connectivity index (χ3n) is 2.99. The predicted octanol–water partition coefficient (Wildman–Crippen LogP) is 5.66. The largest absolute Gasteiger partial charge is 0.333 e. The second-order valence-corrected chi connectivity index (χ2v) is 5.37. The molecule has 0 unspecified atom stereocenters. The van der Waals surface area contributed by atoms with Gasteiger partial charge in [0.15, 0.2) is 0 Å². The molecule has 1 nitrogen and oxygen atoms in total. The molecule has 0 aliphatic rings. The Morgan fingerprint density at radius 1 is 0.588 bits per heavy atom. The molecule has 0 fully saturated rings. The summed E-state index contributed by atoms with van der Waals surface area (Å²) in [7, 11) is 1.50. The lowest BCUT2D eigenvalue weighted by molar-refractivity contribution is 0.548. The van der Waals surface area contributed by atoms with Crippen molar-refractivity contribution in [3.8, 4) is 0 Å². The van der Waals surface area contributed by atoms with E-state index in [2.05, 4.69) is 28.6 Å². The van der Waals surface area contributed by atoms with Crippen molar-refractivity contribution in [1.29, 1.82) is 0 Å². The predicted molar refractivity (Wildman–Crippen MR) is 85.0 cm³/mol. The van der Waals surface area contributed by atoms with Gasteiger partial charge >= 0.3 is 0 Å². The maximum Gasteiger partial charge on any atom is 0.00313 e. The van der Waals surface area contributed by atoms with Crippen LogP contribution in [0.4, 0.5) is 0 Å². The van der Waals surface area contributed by atoms with E-state index in [-0.39, 0.29) is 0 Å². The van der Waals surface area contributed by atoms with E-state index < -0.39 is 0 Å². The summed E-state index contributed by atoms with van der Waals surface area (Å²) in [5, 5.41) is 1.18. The number of hydrogen-bond donors (Lipinski definition) is 1. The van der Waals surface area contributed by atoms with Crippen LogP contribution in [-0.2, 0) is 0 Å². The lowest BCUT2D eigenvalue weighted by atomic mass is 10.1. The van der Waals surface area contributed by atoms with Crippen molar-refractivity contribution in [3.05, 3.63) is 0 Å². The topological polar surface area (TPSA) is 26.0 Å². The molecule has 0 atom stereocenters. The third-order valence-corrected chi connectivity index (χ3v) is 3.55. The third kappa shape index (κ3) is 22.2. The van der Waals surface area contributed by atoms with Gasteiger partial charge in [0.25, 0.3) is 0 Å². The first-order valence-corrected chi connectivity index (χ1v) is 8.67. The van der Waals surface area contributed by atoms with E-state index in [0.717, 1.165) is 0 Å². The van der Waals surface area contributed by atoms with Crippen molar-refractivity contribution in [1.82, 2.24) is 0 Å². The zero-order chi connectivity index (χ0) is 13.2. The zero-order valence-corrected chi connectivity index (χ0v) is 13.7. The molecule has 0 aliphatic heterocycles. The van der Waals surface area contributed by atoms with E-state index >= 15 is 0 Å². The standard InChI is InChI=1S/C14H29Br.CH5N/c1-2-3-4-5-6-7-8-9-10-11-12-13-14-15;1-2/h2-14H2,1H3;2H2,1H3. The Balaban J connectivity index is 0. The highest BCUT2D eigenvalue weighted by molar-refractivity contribution is 9.09. The summed E-state index contributed by atoms with van der Waals surface area (Å²) in [5.41, 5.74) is 4.50. The number of unbranched alkanes of at least 4 members (excludes halogenated alkanes) is 11. The van der Waals surface area contributed by atoms with Crippen LogP contribution in [0.3, 0.4) is 0 Å². The molecule has 0 rings (SSSR count). The number of hydrogen-bond acceptors (Lipinski definition) is 1. The second kappa shape index (κ2) is 21.7. The molecule has 0 aromatic rings. The monoisotopic (exact) mass is 307 g/mol. The van der Waals surface area contributed by atoms with Crippen LogP contribution in [0.25, 0.3) is 0 Å². The van der Waals surface area contributed by atoms with Crippen LogP contribution in [0, 0.1) is 0 Å². The minimum absolute atomic E-state index is 1.18. The molecule has 0 amide bonds. The fraction of sp³-hybridized carbons (Fsp3) is 1.00. The molecule has 0 saturated heterocycles. The number of halogens is 1. The van der Waals surface area contributed by atoms with Gasteiger partial charge in [0.2, 0.25) is 0 Å². The van der Waals surface area contributed by atoms with Gasteiger partial charge in [-0.3, -0.25) is 0 Å². The molecule has 106 valence electrons. The van der Waals surface area contributed by atoms with Crippen molar-refractivity contribution >= 4 is 15.9 Å². The van der Waals surface area contributed by atoms with Gasteiger partial charge in [0.05, 0.1) is 0 Å². The summed E-state index contributed by atoms with van der Waals surface area (Å²) in [6, 6.07) is 0. The Hall–Kier alpha value is 0.440. The minimum atomic E-state index is 1.18. The van der Waals surface area contributed by atoms with Crippen molar-refractivity contribution in [2.45, 2.75) is 84.0 Å². The Bertz CT molecular complexity index is 95.1. The second-order valence-electron chi connectivity index (χ2n) is 4.58. The van der Waals surface area contributed by atoms with Crippen LogP contribution < -0.4 is 5.73 Å². The van der Waals surface area contributed by atoms with E-state index in [9.17, 15) is 0 Å². The van der Waals surface area contributed by atoms with Crippen molar-refractivity contribution in [2.75, 3.05) is 12.4 Å². The lowest BCUT2D eigenvalue weighted by Crippen LogP contribution is -1.82. The Morgan fingerprint density at radius 2 is 0.882 bits per heavy atom. The average molecular weight is 308 g/mol. The number of nitrogens with two attached hydrogens (primary N) is 1. The van der Waals surface area contributed by atoms with Gasteiger partial charge in [0.1, 0.15) is 0 Å². The summed E-state index contributed by atoms with van der Waals surface area (Å²) in [5.74, 6) is 0. The van der Waals surface area contributed by atoms with Crippen LogP contribution >= 0.6 is 15.9 Å². The van der Waals surface area contributed by atoms with Crippen LogP contribution in [-0.4, -0.2) is 12.4 Å². The van der Waals surface area contributed by atoms with E-state index in [1.807, 2.05) is 0 Å². The number of alkyl halides is 1. The Kier molecular flexibility index (Phi) is 25.2. The molecule has 17 heavy (non-hydrogen) atoms. The maximum absolute atomic E-state index is 4.50. The summed E-state index contributed by atoms with van der Waals surface area (Å²) in [4.78, 5) is 0. The molecule has 0 aromatic heterocycles. The highest BCUT2D eigenvalue weighted by atomic mass is 79.9. The summed E-state index contributed by atoms with van der Waals surface area (Å²) in [6.07, 6.45) is 17.3. The van der Waals surface area contributed by atoms with Crippen molar-refractivity contribution in [2.24, 2.45) is 5.73 Å². The van der Waals surface area contributed by atoms with Gasteiger partial charge in [0, 0.05) is 5.33 Å². The first-order chi connectivity index (χ1) is 8.41. The Morgan fingerprint density at radius 3 is 1.18 bits per heavy atom.